The first-order valence-corrected chi connectivity index (χ1v) is 6.27. The molecule has 4 N–H and O–H groups in total. The molecule has 0 saturated heterocycles. The molecule has 0 spiro atoms. The number of aromatic amines is 1. The Hall–Kier alpha value is -1.85. The van der Waals surface area contributed by atoms with E-state index in [2.05, 4.69) is 10.3 Å². The van der Waals surface area contributed by atoms with Crippen LogP contribution in [-0.4, -0.2) is 39.9 Å². The minimum atomic E-state index is -0.911. The number of hydrogen-bond donors (Lipinski definition) is 4. The van der Waals surface area contributed by atoms with Crippen LogP contribution in [0.1, 0.15) is 12.5 Å². The number of hydrogen-bond acceptors (Lipinski definition) is 3. The molecule has 0 aliphatic heterocycles. The van der Waals surface area contributed by atoms with Crippen molar-refractivity contribution in [3.05, 3.63) is 36.0 Å². The molecule has 5 nitrogen and oxygen atoms in total. The first kappa shape index (κ1) is 13.6. The maximum absolute atomic E-state index is 11.2. The molecule has 0 fully saturated rings. The molecule has 1 heterocycles. The molecule has 2 atom stereocenters. The largest absolute Gasteiger partial charge is 0.480 e. The summed E-state index contributed by atoms with van der Waals surface area (Å²) < 4.78 is 0. The number of fused-ring (bicyclic) bond motifs is 1. The Bertz CT molecular complexity index is 563. The maximum atomic E-state index is 11.2. The molecule has 0 radical (unpaired) electrons. The summed E-state index contributed by atoms with van der Waals surface area (Å²) in [7, 11) is 0. The van der Waals surface area contributed by atoms with E-state index in [4.69, 9.17) is 0 Å². The molecule has 1 unspecified atom stereocenters. The lowest BCUT2D eigenvalue weighted by Crippen LogP contribution is -2.41. The van der Waals surface area contributed by atoms with Gasteiger partial charge in [-0.05, 0) is 18.6 Å². The molecule has 0 aliphatic carbocycles. The summed E-state index contributed by atoms with van der Waals surface area (Å²) in [6.07, 6.45) is 1.65. The van der Waals surface area contributed by atoms with Gasteiger partial charge in [0.2, 0.25) is 0 Å². The predicted octanol–water partition coefficient (Wildman–Crippen LogP) is 1.13. The van der Waals surface area contributed by atoms with Crippen LogP contribution in [0.15, 0.2) is 30.5 Å². The highest BCUT2D eigenvalue weighted by Gasteiger charge is 2.19. The second kappa shape index (κ2) is 5.86. The minimum absolute atomic E-state index is 0.263. The molecule has 5 heteroatoms. The molecule has 0 aliphatic rings. The second-order valence-electron chi connectivity index (χ2n) is 4.71. The van der Waals surface area contributed by atoms with Gasteiger partial charge in [-0.3, -0.25) is 4.79 Å². The van der Waals surface area contributed by atoms with E-state index in [9.17, 15) is 15.0 Å². The number of carboxylic acids is 1. The summed E-state index contributed by atoms with van der Waals surface area (Å²) in [5.41, 5.74) is 1.96. The summed E-state index contributed by atoms with van der Waals surface area (Å²) >= 11 is 0. The topological polar surface area (TPSA) is 85.4 Å². The molecular formula is C14H18N2O3. The third-order valence-corrected chi connectivity index (χ3v) is 3.06. The van der Waals surface area contributed by atoms with Gasteiger partial charge >= 0.3 is 5.97 Å². The summed E-state index contributed by atoms with van der Waals surface area (Å²) in [5.74, 6) is -0.911. The van der Waals surface area contributed by atoms with Crippen molar-refractivity contribution in [1.29, 1.82) is 0 Å². The van der Waals surface area contributed by atoms with E-state index < -0.39 is 18.1 Å². The summed E-state index contributed by atoms with van der Waals surface area (Å²) in [6, 6.07) is 7.09. The number of aliphatic hydroxyl groups excluding tert-OH is 1. The number of carboxylic acid groups (broad SMARTS) is 1. The van der Waals surface area contributed by atoms with Crippen LogP contribution in [0.4, 0.5) is 0 Å². The van der Waals surface area contributed by atoms with E-state index in [-0.39, 0.29) is 6.54 Å². The van der Waals surface area contributed by atoms with E-state index in [1.54, 1.807) is 6.92 Å². The minimum Gasteiger partial charge on any atom is -0.480 e. The molecule has 0 amide bonds. The average molecular weight is 262 g/mol. The van der Waals surface area contributed by atoms with Crippen molar-refractivity contribution in [3.8, 4) is 0 Å². The van der Waals surface area contributed by atoms with Crippen LogP contribution in [0, 0.1) is 0 Å². The van der Waals surface area contributed by atoms with Crippen LogP contribution in [0.5, 0.6) is 0 Å². The fourth-order valence-corrected chi connectivity index (χ4v) is 2.08. The fraction of sp³-hybridized carbons (Fsp3) is 0.357. The summed E-state index contributed by atoms with van der Waals surface area (Å²) in [6.45, 7) is 1.89. The summed E-state index contributed by atoms with van der Waals surface area (Å²) in [4.78, 5) is 14.3. The Balaban J connectivity index is 2.14. The van der Waals surface area contributed by atoms with Crippen LogP contribution in [0.25, 0.3) is 10.9 Å². The highest BCUT2D eigenvalue weighted by atomic mass is 16.4. The number of benzene rings is 1. The monoisotopic (exact) mass is 262 g/mol. The SMILES string of the molecule is CC(O)CN[C@@H](Cc1c[nH]c2ccccc12)C(=O)O. The summed E-state index contributed by atoms with van der Waals surface area (Å²) in [5, 5.41) is 22.3. The van der Waals surface area contributed by atoms with Crippen molar-refractivity contribution in [2.45, 2.75) is 25.5 Å². The fourth-order valence-electron chi connectivity index (χ4n) is 2.08. The van der Waals surface area contributed by atoms with E-state index in [0.29, 0.717) is 6.42 Å². The van der Waals surface area contributed by atoms with Crippen molar-refractivity contribution in [1.82, 2.24) is 10.3 Å². The van der Waals surface area contributed by atoms with Gasteiger partial charge in [0, 0.05) is 30.1 Å². The van der Waals surface area contributed by atoms with E-state index in [0.717, 1.165) is 16.5 Å². The van der Waals surface area contributed by atoms with Gasteiger partial charge in [-0.1, -0.05) is 18.2 Å². The molecule has 1 aromatic heterocycles. The quantitative estimate of drug-likeness (QED) is 0.629. The Kier molecular flexibility index (Phi) is 4.19. The van der Waals surface area contributed by atoms with Crippen molar-refractivity contribution >= 4 is 16.9 Å². The number of carbonyl (C=O) groups is 1. The van der Waals surface area contributed by atoms with Crippen molar-refractivity contribution in [2.24, 2.45) is 0 Å². The van der Waals surface area contributed by atoms with E-state index >= 15 is 0 Å². The zero-order valence-corrected chi connectivity index (χ0v) is 10.8. The van der Waals surface area contributed by atoms with Gasteiger partial charge < -0.3 is 20.5 Å². The molecule has 102 valence electrons. The van der Waals surface area contributed by atoms with Gasteiger partial charge in [0.05, 0.1) is 6.10 Å². The zero-order valence-electron chi connectivity index (χ0n) is 10.8. The number of rotatable bonds is 6. The first-order chi connectivity index (χ1) is 9.08. The van der Waals surface area contributed by atoms with Crippen molar-refractivity contribution in [3.63, 3.8) is 0 Å². The Morgan fingerprint density at radius 1 is 1.42 bits per heavy atom. The first-order valence-electron chi connectivity index (χ1n) is 6.27. The Morgan fingerprint density at radius 3 is 2.84 bits per heavy atom. The number of aliphatic hydroxyl groups is 1. The van der Waals surface area contributed by atoms with E-state index in [1.807, 2.05) is 30.5 Å². The van der Waals surface area contributed by atoms with Gasteiger partial charge in [-0.15, -0.1) is 0 Å². The molecule has 19 heavy (non-hydrogen) atoms. The lowest BCUT2D eigenvalue weighted by molar-refractivity contribution is -0.139. The molecule has 2 rings (SSSR count). The standard InChI is InChI=1S/C14H18N2O3/c1-9(17)7-15-13(14(18)19)6-10-8-16-12-5-3-2-4-11(10)12/h2-5,8-9,13,15-17H,6-7H2,1H3,(H,18,19)/t9?,13-/m0/s1. The average Bonchev–Trinajstić information content (AvgIpc) is 2.77. The Morgan fingerprint density at radius 2 is 2.16 bits per heavy atom. The number of aromatic nitrogens is 1. The van der Waals surface area contributed by atoms with Crippen LogP contribution in [0.2, 0.25) is 0 Å². The second-order valence-corrected chi connectivity index (χ2v) is 4.71. The van der Waals surface area contributed by atoms with Gasteiger partial charge in [-0.25, -0.2) is 0 Å². The number of H-pyrrole nitrogens is 1. The van der Waals surface area contributed by atoms with Gasteiger partial charge in [0.25, 0.3) is 0 Å². The van der Waals surface area contributed by atoms with Gasteiger partial charge in [-0.2, -0.15) is 0 Å². The highest BCUT2D eigenvalue weighted by Crippen LogP contribution is 2.19. The molecule has 0 bridgehead atoms. The number of nitrogens with one attached hydrogen (secondary N) is 2. The smallest absolute Gasteiger partial charge is 0.321 e. The maximum Gasteiger partial charge on any atom is 0.321 e. The van der Waals surface area contributed by atoms with Crippen LogP contribution in [-0.2, 0) is 11.2 Å². The van der Waals surface area contributed by atoms with Crippen LogP contribution < -0.4 is 5.32 Å². The van der Waals surface area contributed by atoms with Crippen molar-refractivity contribution < 1.29 is 15.0 Å². The molecule has 0 saturated carbocycles. The third kappa shape index (κ3) is 3.33. The number of para-hydroxylation sites is 1. The molecular weight excluding hydrogens is 244 g/mol. The third-order valence-electron chi connectivity index (χ3n) is 3.06. The Labute approximate surface area is 111 Å². The van der Waals surface area contributed by atoms with Crippen LogP contribution in [0.3, 0.4) is 0 Å². The number of aliphatic carboxylic acids is 1. The van der Waals surface area contributed by atoms with E-state index in [1.165, 1.54) is 0 Å². The normalized spacial score (nSPS) is 14.4. The molecule has 1 aromatic carbocycles. The predicted molar refractivity (Wildman–Crippen MR) is 73.1 cm³/mol. The lowest BCUT2D eigenvalue weighted by atomic mass is 10.0. The highest BCUT2D eigenvalue weighted by molar-refractivity contribution is 5.84. The van der Waals surface area contributed by atoms with Gasteiger partial charge in [0.1, 0.15) is 6.04 Å². The van der Waals surface area contributed by atoms with Crippen molar-refractivity contribution in [2.75, 3.05) is 6.54 Å². The lowest BCUT2D eigenvalue weighted by Gasteiger charge is -2.15. The zero-order chi connectivity index (χ0) is 13.8. The van der Waals surface area contributed by atoms with Crippen LogP contribution >= 0.6 is 0 Å². The molecule has 2 aromatic rings. The van der Waals surface area contributed by atoms with Gasteiger partial charge in [0.15, 0.2) is 0 Å².